The van der Waals surface area contributed by atoms with Gasteiger partial charge in [0.05, 0.1) is 0 Å². The van der Waals surface area contributed by atoms with Gasteiger partial charge < -0.3 is 4.42 Å². The van der Waals surface area contributed by atoms with Crippen molar-refractivity contribution in [2.45, 2.75) is 0 Å². The maximum atomic E-state index is 6.25. The van der Waals surface area contributed by atoms with Crippen LogP contribution in [-0.2, 0) is 0 Å². The molecule has 0 radical (unpaired) electrons. The summed E-state index contributed by atoms with van der Waals surface area (Å²) in [6.07, 6.45) is 0. The molecule has 0 spiro atoms. The number of thiophene rings is 1. The van der Waals surface area contributed by atoms with Gasteiger partial charge in [0.25, 0.3) is 0 Å². The molecule has 0 unspecified atom stereocenters. The molecule has 0 aliphatic carbocycles. The number of para-hydroxylation sites is 1. The van der Waals surface area contributed by atoms with E-state index in [0.29, 0.717) is 0 Å². The molecular formula is C52H32OS. The second kappa shape index (κ2) is 12.4. The van der Waals surface area contributed by atoms with Crippen LogP contribution in [0.1, 0.15) is 0 Å². The standard InChI is InChI=1S/C52H32OS/c1-3-14-33(15-4-1)36-29-37(34-16-5-2-6-17-34)31-39(30-36)51-42-20-9-7-18-40(42)50(41-19-8-10-21-43(41)51)35-26-27-48-38(28-35)32-49(54-48)45-23-13-25-47-52(45)44-22-11-12-24-46(44)53-47/h1-32H. The van der Waals surface area contributed by atoms with Crippen molar-refractivity contribution in [1.82, 2.24) is 0 Å². The normalized spacial score (nSPS) is 11.7. The Labute approximate surface area is 317 Å². The number of fused-ring (bicyclic) bond motifs is 6. The largest absolute Gasteiger partial charge is 0.456 e. The SMILES string of the molecule is c1ccc(-c2cc(-c3ccccc3)cc(-c3c4ccccc4c(-c4ccc5sc(-c6cccc7oc8ccccc8c67)cc5c4)c4ccccc34)c2)cc1. The Morgan fingerprint density at radius 3 is 1.48 bits per heavy atom. The molecule has 0 fully saturated rings. The molecule has 11 aromatic rings. The Kier molecular flexibility index (Phi) is 7.11. The zero-order valence-corrected chi connectivity index (χ0v) is 30.1. The van der Waals surface area contributed by atoms with E-state index >= 15 is 0 Å². The third-order valence-electron chi connectivity index (χ3n) is 10.8. The van der Waals surface area contributed by atoms with Crippen molar-refractivity contribution in [1.29, 1.82) is 0 Å². The molecule has 0 aliphatic rings. The van der Waals surface area contributed by atoms with E-state index in [1.54, 1.807) is 0 Å². The zero-order valence-electron chi connectivity index (χ0n) is 29.3. The summed E-state index contributed by atoms with van der Waals surface area (Å²) >= 11 is 1.85. The van der Waals surface area contributed by atoms with Crippen molar-refractivity contribution in [3.8, 4) is 54.9 Å². The second-order valence-corrected chi connectivity index (χ2v) is 15.1. The summed E-state index contributed by atoms with van der Waals surface area (Å²) in [5.74, 6) is 0. The van der Waals surface area contributed by atoms with Crippen LogP contribution in [0.3, 0.4) is 0 Å². The van der Waals surface area contributed by atoms with E-state index in [0.717, 1.165) is 16.6 Å². The van der Waals surface area contributed by atoms with E-state index in [1.165, 1.54) is 92.0 Å². The van der Waals surface area contributed by atoms with Gasteiger partial charge in [-0.15, -0.1) is 11.3 Å². The van der Waals surface area contributed by atoms with Crippen LogP contribution in [0, 0.1) is 0 Å². The first-order valence-corrected chi connectivity index (χ1v) is 19.2. The Hall–Kier alpha value is -6.74. The van der Waals surface area contributed by atoms with Gasteiger partial charge in [0.1, 0.15) is 11.2 Å². The summed E-state index contributed by atoms with van der Waals surface area (Å²) in [7, 11) is 0. The quantitative estimate of drug-likeness (QED) is 0.163. The molecule has 1 nitrogen and oxygen atoms in total. The molecule has 0 bridgehead atoms. The second-order valence-electron chi connectivity index (χ2n) is 14.0. The lowest BCUT2D eigenvalue weighted by atomic mass is 9.84. The van der Waals surface area contributed by atoms with Gasteiger partial charge in [0, 0.05) is 25.9 Å². The van der Waals surface area contributed by atoms with Gasteiger partial charge in [-0.05, 0) is 120 Å². The molecule has 2 heteroatoms. The molecular weight excluding hydrogens is 673 g/mol. The summed E-state index contributed by atoms with van der Waals surface area (Å²) in [6, 6.07) is 70.6. The van der Waals surface area contributed by atoms with Gasteiger partial charge in [-0.3, -0.25) is 0 Å². The lowest BCUT2D eigenvalue weighted by molar-refractivity contribution is 0.669. The molecule has 0 amide bonds. The molecule has 0 saturated heterocycles. The van der Waals surface area contributed by atoms with E-state index in [-0.39, 0.29) is 0 Å². The van der Waals surface area contributed by atoms with E-state index in [9.17, 15) is 0 Å². The van der Waals surface area contributed by atoms with Gasteiger partial charge in [0.15, 0.2) is 0 Å². The van der Waals surface area contributed by atoms with Crippen LogP contribution in [0.5, 0.6) is 0 Å². The molecule has 0 atom stereocenters. The number of hydrogen-bond acceptors (Lipinski definition) is 2. The zero-order chi connectivity index (χ0) is 35.6. The lowest BCUT2D eigenvalue weighted by Crippen LogP contribution is -1.92. The molecule has 11 rings (SSSR count). The minimum Gasteiger partial charge on any atom is -0.456 e. The predicted octanol–water partition coefficient (Wildman–Crippen LogP) is 15.4. The third-order valence-corrected chi connectivity index (χ3v) is 12.0. The molecule has 0 aliphatic heterocycles. The topological polar surface area (TPSA) is 13.1 Å². The van der Waals surface area contributed by atoms with Crippen molar-refractivity contribution in [2.75, 3.05) is 0 Å². The first-order chi connectivity index (χ1) is 26.8. The number of benzene rings is 9. The van der Waals surface area contributed by atoms with Gasteiger partial charge in [0.2, 0.25) is 0 Å². The van der Waals surface area contributed by atoms with Crippen LogP contribution >= 0.6 is 11.3 Å². The molecule has 9 aromatic carbocycles. The molecule has 0 saturated carbocycles. The maximum absolute atomic E-state index is 6.25. The van der Waals surface area contributed by atoms with Gasteiger partial charge >= 0.3 is 0 Å². The Balaban J connectivity index is 1.13. The highest BCUT2D eigenvalue weighted by Gasteiger charge is 2.19. The van der Waals surface area contributed by atoms with Crippen molar-refractivity contribution >= 4 is 64.9 Å². The summed E-state index contributed by atoms with van der Waals surface area (Å²) in [5, 5.41) is 8.59. The van der Waals surface area contributed by atoms with Crippen LogP contribution in [0.2, 0.25) is 0 Å². The smallest absolute Gasteiger partial charge is 0.136 e. The summed E-state index contributed by atoms with van der Waals surface area (Å²) < 4.78 is 7.52. The monoisotopic (exact) mass is 704 g/mol. The fourth-order valence-electron chi connectivity index (χ4n) is 8.43. The van der Waals surface area contributed by atoms with Crippen molar-refractivity contribution < 1.29 is 4.42 Å². The first-order valence-electron chi connectivity index (χ1n) is 18.4. The van der Waals surface area contributed by atoms with Gasteiger partial charge in [-0.2, -0.15) is 0 Å². The highest BCUT2D eigenvalue weighted by atomic mass is 32.1. The Morgan fingerprint density at radius 1 is 0.333 bits per heavy atom. The average molecular weight is 705 g/mol. The summed E-state index contributed by atoms with van der Waals surface area (Å²) in [5.41, 5.74) is 12.9. The minimum atomic E-state index is 0.925. The molecule has 0 N–H and O–H groups in total. The molecule has 2 aromatic heterocycles. The van der Waals surface area contributed by atoms with Crippen molar-refractivity contribution in [2.24, 2.45) is 0 Å². The minimum absolute atomic E-state index is 0.925. The van der Waals surface area contributed by atoms with E-state index in [1.807, 2.05) is 17.4 Å². The fourth-order valence-corrected chi connectivity index (χ4v) is 9.50. The highest BCUT2D eigenvalue weighted by Crippen LogP contribution is 2.47. The lowest BCUT2D eigenvalue weighted by Gasteiger charge is -2.19. The van der Waals surface area contributed by atoms with E-state index in [2.05, 4.69) is 188 Å². The number of hydrogen-bond donors (Lipinski definition) is 0. The Morgan fingerprint density at radius 2 is 0.852 bits per heavy atom. The number of rotatable bonds is 5. The Bertz CT molecular complexity index is 3090. The average Bonchev–Trinajstić information content (AvgIpc) is 3.85. The van der Waals surface area contributed by atoms with E-state index in [4.69, 9.17) is 4.42 Å². The van der Waals surface area contributed by atoms with Crippen LogP contribution in [0.25, 0.3) is 109 Å². The van der Waals surface area contributed by atoms with Gasteiger partial charge in [-0.25, -0.2) is 0 Å². The van der Waals surface area contributed by atoms with Crippen LogP contribution in [-0.4, -0.2) is 0 Å². The third kappa shape index (κ3) is 4.99. The van der Waals surface area contributed by atoms with Crippen LogP contribution in [0.15, 0.2) is 199 Å². The molecule has 54 heavy (non-hydrogen) atoms. The van der Waals surface area contributed by atoms with Gasteiger partial charge in [-0.1, -0.05) is 146 Å². The molecule has 252 valence electrons. The van der Waals surface area contributed by atoms with E-state index < -0.39 is 0 Å². The van der Waals surface area contributed by atoms with Crippen molar-refractivity contribution in [3.05, 3.63) is 194 Å². The van der Waals surface area contributed by atoms with Crippen LogP contribution < -0.4 is 0 Å². The molecule has 2 heterocycles. The van der Waals surface area contributed by atoms with Crippen LogP contribution in [0.4, 0.5) is 0 Å². The first kappa shape index (κ1) is 30.8. The summed E-state index contributed by atoms with van der Waals surface area (Å²) in [6.45, 7) is 0. The van der Waals surface area contributed by atoms with Crippen molar-refractivity contribution in [3.63, 3.8) is 0 Å². The fraction of sp³-hybridized carbons (Fsp3) is 0. The highest BCUT2D eigenvalue weighted by molar-refractivity contribution is 7.22. The summed E-state index contributed by atoms with van der Waals surface area (Å²) in [4.78, 5) is 1.25. The predicted molar refractivity (Wildman–Crippen MR) is 231 cm³/mol. The maximum Gasteiger partial charge on any atom is 0.136 e. The number of furan rings is 1.